The SMILES string of the molecule is I.NC(=NCc1ccc(O)c(F)c1)N1CCN(c2ccc(F)cc2)CC1. The summed E-state index contributed by atoms with van der Waals surface area (Å²) >= 11 is 0. The first-order valence-corrected chi connectivity index (χ1v) is 8.06. The molecule has 1 heterocycles. The van der Waals surface area contributed by atoms with Gasteiger partial charge in [0.1, 0.15) is 5.82 Å². The van der Waals surface area contributed by atoms with E-state index in [-0.39, 0.29) is 42.1 Å². The van der Waals surface area contributed by atoms with Gasteiger partial charge in [0.2, 0.25) is 0 Å². The molecule has 0 atom stereocenters. The molecule has 0 radical (unpaired) electrons. The Kier molecular flexibility index (Phi) is 7.01. The standard InChI is InChI=1S/C18H20F2N4O.HI/c19-14-2-4-15(5-3-14)23-7-9-24(10-8-23)18(21)22-12-13-1-6-17(25)16(20)11-13;/h1-6,11,25H,7-10,12H2,(H2,21,22);1H. The Hall–Kier alpha value is -2.10. The Morgan fingerprint density at radius 2 is 1.69 bits per heavy atom. The van der Waals surface area contributed by atoms with Crippen molar-refractivity contribution in [2.75, 3.05) is 31.1 Å². The number of halogens is 3. The first-order valence-electron chi connectivity index (χ1n) is 8.06. The van der Waals surface area contributed by atoms with Gasteiger partial charge in [-0.2, -0.15) is 0 Å². The van der Waals surface area contributed by atoms with Crippen LogP contribution in [0.15, 0.2) is 47.5 Å². The van der Waals surface area contributed by atoms with Crippen molar-refractivity contribution >= 4 is 35.6 Å². The van der Waals surface area contributed by atoms with E-state index in [4.69, 9.17) is 5.73 Å². The number of piperazine rings is 1. The zero-order valence-corrected chi connectivity index (χ0v) is 16.4. The quantitative estimate of drug-likeness (QED) is 0.408. The first-order chi connectivity index (χ1) is 12.0. The summed E-state index contributed by atoms with van der Waals surface area (Å²) in [5.74, 6) is -0.881. The predicted molar refractivity (Wildman–Crippen MR) is 109 cm³/mol. The molecule has 1 aliphatic rings. The average molecular weight is 474 g/mol. The molecule has 5 nitrogen and oxygen atoms in total. The minimum atomic E-state index is -0.667. The second-order valence-electron chi connectivity index (χ2n) is 5.91. The second-order valence-corrected chi connectivity index (χ2v) is 5.91. The number of aromatic hydroxyl groups is 1. The van der Waals surface area contributed by atoms with E-state index >= 15 is 0 Å². The van der Waals surface area contributed by atoms with Crippen molar-refractivity contribution in [3.8, 4) is 5.75 Å². The molecule has 8 heteroatoms. The molecule has 0 amide bonds. The largest absolute Gasteiger partial charge is 0.505 e. The molecule has 0 spiro atoms. The van der Waals surface area contributed by atoms with Crippen LogP contribution in [0.5, 0.6) is 5.75 Å². The summed E-state index contributed by atoms with van der Waals surface area (Å²) in [5.41, 5.74) is 7.66. The van der Waals surface area contributed by atoms with Gasteiger partial charge in [0, 0.05) is 31.9 Å². The number of benzene rings is 2. The third-order valence-corrected chi connectivity index (χ3v) is 4.23. The molecule has 2 aromatic carbocycles. The molecule has 3 N–H and O–H groups in total. The van der Waals surface area contributed by atoms with Crippen LogP contribution in [0.4, 0.5) is 14.5 Å². The lowest BCUT2D eigenvalue weighted by Gasteiger charge is -2.36. The van der Waals surface area contributed by atoms with Gasteiger partial charge < -0.3 is 20.6 Å². The highest BCUT2D eigenvalue weighted by Gasteiger charge is 2.18. The van der Waals surface area contributed by atoms with Crippen molar-refractivity contribution in [1.29, 1.82) is 0 Å². The summed E-state index contributed by atoms with van der Waals surface area (Å²) in [7, 11) is 0. The minimum Gasteiger partial charge on any atom is -0.505 e. The third-order valence-electron chi connectivity index (χ3n) is 4.23. The number of hydrogen-bond acceptors (Lipinski definition) is 3. The number of nitrogens with two attached hydrogens (primary N) is 1. The summed E-state index contributed by atoms with van der Waals surface area (Å²) in [4.78, 5) is 8.44. The highest BCUT2D eigenvalue weighted by Crippen LogP contribution is 2.18. The van der Waals surface area contributed by atoms with Gasteiger partial charge in [-0.05, 0) is 42.0 Å². The molecule has 3 rings (SSSR count). The van der Waals surface area contributed by atoms with Gasteiger partial charge in [-0.15, -0.1) is 24.0 Å². The Morgan fingerprint density at radius 1 is 1.04 bits per heavy atom. The molecule has 26 heavy (non-hydrogen) atoms. The molecule has 0 aliphatic carbocycles. The maximum absolute atomic E-state index is 13.3. The van der Waals surface area contributed by atoms with E-state index in [1.165, 1.54) is 24.3 Å². The number of anilines is 1. The van der Waals surface area contributed by atoms with Crippen molar-refractivity contribution in [2.24, 2.45) is 10.7 Å². The maximum atomic E-state index is 13.3. The Bertz CT molecular complexity index is 762. The summed E-state index contributed by atoms with van der Waals surface area (Å²) < 4.78 is 26.3. The van der Waals surface area contributed by atoms with E-state index in [1.54, 1.807) is 18.2 Å². The topological polar surface area (TPSA) is 65.1 Å². The number of aliphatic imine (C=N–C) groups is 1. The number of hydrogen-bond donors (Lipinski definition) is 2. The maximum Gasteiger partial charge on any atom is 0.191 e. The smallest absolute Gasteiger partial charge is 0.191 e. The monoisotopic (exact) mass is 474 g/mol. The van der Waals surface area contributed by atoms with Crippen LogP contribution in [-0.2, 0) is 6.54 Å². The van der Waals surface area contributed by atoms with Gasteiger partial charge in [-0.1, -0.05) is 6.07 Å². The van der Waals surface area contributed by atoms with Crippen LogP contribution in [-0.4, -0.2) is 42.1 Å². The van der Waals surface area contributed by atoms with Crippen LogP contribution in [0.2, 0.25) is 0 Å². The van der Waals surface area contributed by atoms with Gasteiger partial charge in [-0.25, -0.2) is 13.8 Å². The highest BCUT2D eigenvalue weighted by atomic mass is 127. The van der Waals surface area contributed by atoms with E-state index in [0.29, 0.717) is 24.6 Å². The van der Waals surface area contributed by atoms with Crippen molar-refractivity contribution in [2.45, 2.75) is 6.54 Å². The van der Waals surface area contributed by atoms with Crippen LogP contribution in [0.1, 0.15) is 5.56 Å². The lowest BCUT2D eigenvalue weighted by Crippen LogP contribution is -2.51. The fourth-order valence-corrected chi connectivity index (χ4v) is 2.77. The van der Waals surface area contributed by atoms with Crippen molar-refractivity contribution in [3.05, 3.63) is 59.7 Å². The van der Waals surface area contributed by atoms with Crippen LogP contribution >= 0.6 is 24.0 Å². The number of guanidine groups is 1. The fraction of sp³-hybridized carbons (Fsp3) is 0.278. The normalized spacial score (nSPS) is 14.9. The first kappa shape index (κ1) is 20.2. The van der Waals surface area contributed by atoms with Crippen LogP contribution < -0.4 is 10.6 Å². The van der Waals surface area contributed by atoms with Crippen LogP contribution in [0, 0.1) is 11.6 Å². The van der Waals surface area contributed by atoms with Crippen molar-refractivity contribution in [1.82, 2.24) is 4.90 Å². The third kappa shape index (κ3) is 4.96. The van der Waals surface area contributed by atoms with Crippen LogP contribution in [0.25, 0.3) is 0 Å². The molecule has 1 fully saturated rings. The van der Waals surface area contributed by atoms with Gasteiger partial charge in [-0.3, -0.25) is 0 Å². The van der Waals surface area contributed by atoms with Gasteiger partial charge in [0.15, 0.2) is 17.5 Å². The molecular formula is C18H21F2IN4O. The number of phenols is 1. The Morgan fingerprint density at radius 3 is 2.31 bits per heavy atom. The van der Waals surface area contributed by atoms with E-state index in [2.05, 4.69) is 9.89 Å². The summed E-state index contributed by atoms with van der Waals surface area (Å²) in [6.07, 6.45) is 0. The Labute approximate surface area is 168 Å². The molecule has 1 saturated heterocycles. The van der Waals surface area contributed by atoms with Crippen LogP contribution in [0.3, 0.4) is 0 Å². The zero-order valence-electron chi connectivity index (χ0n) is 14.1. The highest BCUT2D eigenvalue weighted by molar-refractivity contribution is 14.0. The fourth-order valence-electron chi connectivity index (χ4n) is 2.77. The molecule has 2 aromatic rings. The average Bonchev–Trinajstić information content (AvgIpc) is 2.63. The lowest BCUT2D eigenvalue weighted by atomic mass is 10.2. The van der Waals surface area contributed by atoms with E-state index in [0.717, 1.165) is 18.8 Å². The van der Waals surface area contributed by atoms with E-state index in [9.17, 15) is 13.9 Å². The number of nitrogens with zero attached hydrogens (tertiary/aromatic N) is 3. The lowest BCUT2D eigenvalue weighted by molar-refractivity contribution is 0.380. The summed E-state index contributed by atoms with van der Waals surface area (Å²) in [6.45, 7) is 3.18. The molecule has 0 aromatic heterocycles. The molecule has 0 bridgehead atoms. The molecule has 0 unspecified atom stereocenters. The van der Waals surface area contributed by atoms with E-state index in [1.807, 2.05) is 4.90 Å². The van der Waals surface area contributed by atoms with Gasteiger partial charge >= 0.3 is 0 Å². The molecule has 1 aliphatic heterocycles. The minimum absolute atomic E-state index is 0. The number of phenolic OH excluding ortho intramolecular Hbond substituents is 1. The summed E-state index contributed by atoms with van der Waals surface area (Å²) in [5, 5.41) is 9.19. The Balaban J connectivity index is 0.00000243. The van der Waals surface area contributed by atoms with Crippen molar-refractivity contribution in [3.63, 3.8) is 0 Å². The predicted octanol–water partition coefficient (Wildman–Crippen LogP) is 2.93. The van der Waals surface area contributed by atoms with Crippen molar-refractivity contribution < 1.29 is 13.9 Å². The molecule has 0 saturated carbocycles. The van der Waals surface area contributed by atoms with Gasteiger partial charge in [0.25, 0.3) is 0 Å². The van der Waals surface area contributed by atoms with E-state index < -0.39 is 5.82 Å². The zero-order chi connectivity index (χ0) is 17.8. The summed E-state index contributed by atoms with van der Waals surface area (Å²) in [6, 6.07) is 10.6. The molecule has 140 valence electrons. The van der Waals surface area contributed by atoms with Gasteiger partial charge in [0.05, 0.1) is 6.54 Å². The molecular weight excluding hydrogens is 453 g/mol. The number of rotatable bonds is 3. The second kappa shape index (κ2) is 9.02.